The summed E-state index contributed by atoms with van der Waals surface area (Å²) in [5, 5.41) is 5.78. The highest BCUT2D eigenvalue weighted by Gasteiger charge is 2.40. The summed E-state index contributed by atoms with van der Waals surface area (Å²) in [6.45, 7) is 5.35. The number of benzene rings is 1. The van der Waals surface area contributed by atoms with Crippen LogP contribution in [0.5, 0.6) is 0 Å². The fraction of sp³-hybridized carbons (Fsp3) is 0.609. The minimum Gasteiger partial charge on any atom is -0.380 e. The predicted octanol–water partition coefficient (Wildman–Crippen LogP) is 1.44. The first kappa shape index (κ1) is 22.8. The standard InChI is InChI=1S/C14H13FN2O3.C9H17NO2/c1-7-2-3-8-9(12(7)15)6-17(14(8)20)10-4-5-11(18)16-13(10)19;1-2-8(6-11-4-1)10-9-3-5-12-7-9/h2-3,10H,4-6H2,1H3,(H,16,18,19);8-10H,1-7H2. The topological polar surface area (TPSA) is 97.0 Å². The van der Waals surface area contributed by atoms with E-state index in [9.17, 15) is 18.8 Å². The average Bonchev–Trinajstić information content (AvgIpc) is 3.40. The highest BCUT2D eigenvalue weighted by Crippen LogP contribution is 2.30. The number of piperidine rings is 1. The van der Waals surface area contributed by atoms with Gasteiger partial charge in [0.2, 0.25) is 11.8 Å². The molecular weight excluding hydrogens is 417 g/mol. The summed E-state index contributed by atoms with van der Waals surface area (Å²) < 4.78 is 24.7. The largest absolute Gasteiger partial charge is 0.380 e. The molecule has 1 aromatic carbocycles. The Morgan fingerprint density at radius 2 is 1.81 bits per heavy atom. The first-order valence-electron chi connectivity index (χ1n) is 11.3. The molecule has 3 fully saturated rings. The van der Waals surface area contributed by atoms with Crippen LogP contribution in [0, 0.1) is 12.7 Å². The number of imide groups is 1. The van der Waals surface area contributed by atoms with Crippen molar-refractivity contribution in [3.8, 4) is 0 Å². The number of hydrogen-bond acceptors (Lipinski definition) is 6. The van der Waals surface area contributed by atoms with Gasteiger partial charge in [-0.15, -0.1) is 0 Å². The maximum atomic E-state index is 14.0. The lowest BCUT2D eigenvalue weighted by molar-refractivity contribution is -0.136. The van der Waals surface area contributed by atoms with E-state index in [2.05, 4.69) is 10.6 Å². The molecule has 9 heteroatoms. The van der Waals surface area contributed by atoms with Gasteiger partial charge < -0.3 is 19.7 Å². The Balaban J connectivity index is 0.000000174. The Hall–Kier alpha value is -2.36. The maximum absolute atomic E-state index is 14.0. The molecular formula is C23H30FN3O5. The first-order valence-corrected chi connectivity index (χ1v) is 11.3. The van der Waals surface area contributed by atoms with Crippen LogP contribution in [0.2, 0.25) is 0 Å². The van der Waals surface area contributed by atoms with Gasteiger partial charge in [0.25, 0.3) is 5.91 Å². The molecule has 5 rings (SSSR count). The van der Waals surface area contributed by atoms with E-state index in [1.54, 1.807) is 19.1 Å². The number of carbonyl (C=O) groups excluding carboxylic acids is 3. The van der Waals surface area contributed by atoms with Crippen LogP contribution < -0.4 is 10.6 Å². The molecule has 3 unspecified atom stereocenters. The van der Waals surface area contributed by atoms with Gasteiger partial charge in [0.1, 0.15) is 11.9 Å². The van der Waals surface area contributed by atoms with Gasteiger partial charge in [0, 0.05) is 42.8 Å². The Morgan fingerprint density at radius 1 is 1.06 bits per heavy atom. The molecule has 0 bridgehead atoms. The Bertz CT molecular complexity index is 881. The quantitative estimate of drug-likeness (QED) is 0.681. The minimum atomic E-state index is -0.702. The number of fused-ring (bicyclic) bond motifs is 1. The summed E-state index contributed by atoms with van der Waals surface area (Å²) in [5.74, 6) is -1.57. The van der Waals surface area contributed by atoms with Crippen molar-refractivity contribution in [3.63, 3.8) is 0 Å². The summed E-state index contributed by atoms with van der Waals surface area (Å²) >= 11 is 0. The van der Waals surface area contributed by atoms with Crippen LogP contribution in [0.4, 0.5) is 4.39 Å². The van der Waals surface area contributed by atoms with Gasteiger partial charge in [0.15, 0.2) is 0 Å². The van der Waals surface area contributed by atoms with Crippen molar-refractivity contribution in [2.24, 2.45) is 0 Å². The van der Waals surface area contributed by atoms with E-state index in [4.69, 9.17) is 9.47 Å². The molecule has 0 radical (unpaired) electrons. The molecule has 4 heterocycles. The van der Waals surface area contributed by atoms with E-state index in [1.165, 1.54) is 17.7 Å². The number of carbonyl (C=O) groups is 3. The fourth-order valence-electron chi connectivity index (χ4n) is 4.59. The van der Waals surface area contributed by atoms with Crippen LogP contribution in [-0.2, 0) is 25.6 Å². The number of hydrogen-bond donors (Lipinski definition) is 2. The van der Waals surface area contributed by atoms with Crippen molar-refractivity contribution in [1.29, 1.82) is 0 Å². The lowest BCUT2D eigenvalue weighted by Crippen LogP contribution is -2.52. The SMILES string of the molecule is C1COCC(NC2CCOC2)C1.Cc1ccc2c(c1F)CN(C1CCC(=O)NC1=O)C2=O. The van der Waals surface area contributed by atoms with Gasteiger partial charge in [0.05, 0.1) is 19.8 Å². The molecule has 174 valence electrons. The smallest absolute Gasteiger partial charge is 0.255 e. The number of amides is 3. The van der Waals surface area contributed by atoms with Crippen LogP contribution in [0.25, 0.3) is 0 Å². The highest BCUT2D eigenvalue weighted by atomic mass is 19.1. The zero-order chi connectivity index (χ0) is 22.7. The highest BCUT2D eigenvalue weighted by molar-refractivity contribution is 6.05. The Labute approximate surface area is 186 Å². The zero-order valence-electron chi connectivity index (χ0n) is 18.3. The summed E-state index contributed by atoms with van der Waals surface area (Å²) in [4.78, 5) is 36.6. The molecule has 4 aliphatic rings. The lowest BCUT2D eigenvalue weighted by Gasteiger charge is -2.29. The van der Waals surface area contributed by atoms with E-state index in [-0.39, 0.29) is 31.2 Å². The van der Waals surface area contributed by atoms with E-state index in [0.29, 0.717) is 28.8 Å². The van der Waals surface area contributed by atoms with Crippen molar-refractivity contribution in [2.75, 3.05) is 26.4 Å². The summed E-state index contributed by atoms with van der Waals surface area (Å²) in [6, 6.07) is 3.59. The van der Waals surface area contributed by atoms with Crippen LogP contribution in [0.3, 0.4) is 0 Å². The van der Waals surface area contributed by atoms with Gasteiger partial charge in [-0.1, -0.05) is 6.07 Å². The van der Waals surface area contributed by atoms with Gasteiger partial charge in [-0.25, -0.2) is 4.39 Å². The average molecular weight is 448 g/mol. The summed E-state index contributed by atoms with van der Waals surface area (Å²) in [5.41, 5.74) is 1.11. The number of rotatable bonds is 3. The summed E-state index contributed by atoms with van der Waals surface area (Å²) in [7, 11) is 0. The van der Waals surface area contributed by atoms with Crippen molar-refractivity contribution in [3.05, 3.63) is 34.6 Å². The monoisotopic (exact) mass is 447 g/mol. The van der Waals surface area contributed by atoms with E-state index in [0.717, 1.165) is 32.8 Å². The third-order valence-corrected chi connectivity index (χ3v) is 6.40. The molecule has 8 nitrogen and oxygen atoms in total. The van der Waals surface area contributed by atoms with E-state index >= 15 is 0 Å². The van der Waals surface area contributed by atoms with Gasteiger partial charge >= 0.3 is 0 Å². The molecule has 0 saturated carbocycles. The van der Waals surface area contributed by atoms with E-state index < -0.39 is 17.8 Å². The van der Waals surface area contributed by atoms with Crippen LogP contribution in [0.15, 0.2) is 12.1 Å². The van der Waals surface area contributed by atoms with E-state index in [1.807, 2.05) is 0 Å². The van der Waals surface area contributed by atoms with Gasteiger partial charge in [-0.05, 0) is 44.2 Å². The van der Waals surface area contributed by atoms with Crippen molar-refractivity contribution < 1.29 is 28.2 Å². The molecule has 3 atom stereocenters. The molecule has 0 aliphatic carbocycles. The van der Waals surface area contributed by atoms with Gasteiger partial charge in [-0.2, -0.15) is 0 Å². The van der Waals surface area contributed by atoms with Crippen LogP contribution >= 0.6 is 0 Å². The molecule has 3 saturated heterocycles. The number of aryl methyl sites for hydroxylation is 1. The minimum absolute atomic E-state index is 0.0773. The Morgan fingerprint density at radius 3 is 2.50 bits per heavy atom. The molecule has 0 aromatic heterocycles. The third-order valence-electron chi connectivity index (χ3n) is 6.40. The number of nitrogens with zero attached hydrogens (tertiary/aromatic N) is 1. The number of nitrogens with one attached hydrogen (secondary N) is 2. The molecule has 3 amide bonds. The molecule has 32 heavy (non-hydrogen) atoms. The van der Waals surface area contributed by atoms with Gasteiger partial charge in [-0.3, -0.25) is 19.7 Å². The van der Waals surface area contributed by atoms with Crippen LogP contribution in [-0.4, -0.2) is 67.2 Å². The zero-order valence-corrected chi connectivity index (χ0v) is 18.3. The molecule has 4 aliphatic heterocycles. The van der Waals surface area contributed by atoms with Crippen molar-refractivity contribution in [2.45, 2.75) is 63.7 Å². The summed E-state index contributed by atoms with van der Waals surface area (Å²) in [6.07, 6.45) is 4.10. The third kappa shape index (κ3) is 5.00. The number of halogens is 1. The lowest BCUT2D eigenvalue weighted by atomic mass is 10.0. The van der Waals surface area contributed by atoms with Crippen molar-refractivity contribution in [1.82, 2.24) is 15.5 Å². The molecule has 2 N–H and O–H groups in total. The first-order chi connectivity index (χ1) is 15.4. The molecule has 1 aromatic rings. The second-order valence-electron chi connectivity index (χ2n) is 8.76. The van der Waals surface area contributed by atoms with Crippen molar-refractivity contribution >= 4 is 17.7 Å². The maximum Gasteiger partial charge on any atom is 0.255 e. The Kier molecular flexibility index (Phi) is 7.17. The molecule has 0 spiro atoms. The second kappa shape index (κ2) is 10.1. The predicted molar refractivity (Wildman–Crippen MR) is 113 cm³/mol. The fourth-order valence-corrected chi connectivity index (χ4v) is 4.59. The van der Waals surface area contributed by atoms with Crippen LogP contribution in [0.1, 0.15) is 53.6 Å². The number of ether oxygens (including phenoxy) is 2. The normalized spacial score (nSPS) is 27.6. The second-order valence-corrected chi connectivity index (χ2v) is 8.76.